The maximum absolute atomic E-state index is 13.1. The summed E-state index contributed by atoms with van der Waals surface area (Å²) in [5.74, 6) is -1.90. The van der Waals surface area contributed by atoms with E-state index in [1.54, 1.807) is 12.1 Å². The van der Waals surface area contributed by atoms with Crippen LogP contribution in [-0.4, -0.2) is 54.2 Å². The Morgan fingerprint density at radius 2 is 1.67 bits per heavy atom. The Kier molecular flexibility index (Phi) is 4.33. The summed E-state index contributed by atoms with van der Waals surface area (Å²) in [4.78, 5) is 53.1. The lowest BCUT2D eigenvalue weighted by molar-refractivity contribution is -0.136. The molecule has 2 fully saturated rings. The summed E-state index contributed by atoms with van der Waals surface area (Å²) in [6.45, 7) is 2.65. The van der Waals surface area contributed by atoms with Crippen molar-refractivity contribution in [3.05, 3.63) is 59.2 Å². The van der Waals surface area contributed by atoms with Crippen LogP contribution in [0.2, 0.25) is 0 Å². The van der Waals surface area contributed by atoms with Crippen molar-refractivity contribution in [1.29, 1.82) is 0 Å². The molecule has 0 aliphatic carbocycles. The first-order valence-corrected chi connectivity index (χ1v) is 11.4. The van der Waals surface area contributed by atoms with Crippen LogP contribution in [0.5, 0.6) is 0 Å². The van der Waals surface area contributed by atoms with Crippen molar-refractivity contribution in [3.63, 3.8) is 0 Å². The Morgan fingerprint density at radius 3 is 2.45 bits per heavy atom. The second-order valence-corrected chi connectivity index (χ2v) is 9.34. The molecular formula is C25H24N4O4. The van der Waals surface area contributed by atoms with Crippen LogP contribution < -0.4 is 15.5 Å². The number of anilines is 2. The van der Waals surface area contributed by atoms with E-state index in [9.17, 15) is 19.2 Å². The minimum Gasteiger partial charge on any atom is -0.384 e. The zero-order chi connectivity index (χ0) is 22.7. The third kappa shape index (κ3) is 2.97. The van der Waals surface area contributed by atoms with Crippen molar-refractivity contribution in [2.24, 2.45) is 0 Å². The van der Waals surface area contributed by atoms with E-state index in [1.807, 2.05) is 6.07 Å². The van der Waals surface area contributed by atoms with Crippen LogP contribution in [0.1, 0.15) is 52.0 Å². The number of hydrogen-bond acceptors (Lipinski definition) is 6. The lowest BCUT2D eigenvalue weighted by atomic mass is 9.74. The molecule has 1 unspecified atom stereocenters. The highest BCUT2D eigenvalue weighted by atomic mass is 16.2. The molecule has 168 valence electrons. The number of carbonyl (C=O) groups excluding carboxylic acids is 4. The van der Waals surface area contributed by atoms with Gasteiger partial charge in [-0.15, -0.1) is 0 Å². The summed E-state index contributed by atoms with van der Waals surface area (Å²) in [5, 5.41) is 5.77. The molecule has 0 saturated carbocycles. The third-order valence-electron chi connectivity index (χ3n) is 7.62. The first-order chi connectivity index (χ1) is 16.0. The van der Waals surface area contributed by atoms with Gasteiger partial charge in [0.25, 0.3) is 11.8 Å². The lowest BCUT2D eigenvalue weighted by Crippen LogP contribution is -2.54. The van der Waals surface area contributed by atoms with Gasteiger partial charge in [-0.2, -0.15) is 0 Å². The van der Waals surface area contributed by atoms with E-state index in [2.05, 4.69) is 39.8 Å². The van der Waals surface area contributed by atoms with E-state index in [-0.39, 0.29) is 24.2 Å². The zero-order valence-corrected chi connectivity index (χ0v) is 18.1. The number of hydrogen-bond donors (Lipinski definition) is 2. The number of imide groups is 2. The Labute approximate surface area is 190 Å². The fourth-order valence-corrected chi connectivity index (χ4v) is 5.75. The fourth-order valence-electron chi connectivity index (χ4n) is 5.75. The van der Waals surface area contributed by atoms with Gasteiger partial charge >= 0.3 is 0 Å². The van der Waals surface area contributed by atoms with Gasteiger partial charge in [0.05, 0.1) is 11.1 Å². The molecule has 8 heteroatoms. The fraction of sp³-hybridized carbons (Fsp3) is 0.360. The molecule has 0 radical (unpaired) electrons. The van der Waals surface area contributed by atoms with Gasteiger partial charge in [-0.25, -0.2) is 0 Å². The van der Waals surface area contributed by atoms with Gasteiger partial charge in [-0.1, -0.05) is 18.2 Å². The van der Waals surface area contributed by atoms with Crippen LogP contribution in [-0.2, 0) is 15.0 Å². The number of para-hydroxylation sites is 1. The van der Waals surface area contributed by atoms with Crippen molar-refractivity contribution in [1.82, 2.24) is 10.2 Å². The molecule has 4 aliphatic rings. The summed E-state index contributed by atoms with van der Waals surface area (Å²) in [5.41, 5.74) is 4.30. The standard InChI is InChI=1S/C25H24N4O4/c30-21-8-7-20(22(31)27-21)29-23(32)16-6-5-15(13-17(16)24(29)33)28-11-9-25(10-12-28)14-26-19-4-2-1-3-18(19)25/h1-6,13,20,26H,7-12,14H2,(H,27,30,31). The van der Waals surface area contributed by atoms with Gasteiger partial charge in [-0.3, -0.25) is 29.4 Å². The summed E-state index contributed by atoms with van der Waals surface area (Å²) < 4.78 is 0. The first-order valence-electron chi connectivity index (χ1n) is 11.4. The quantitative estimate of drug-likeness (QED) is 0.688. The molecule has 8 nitrogen and oxygen atoms in total. The molecule has 2 saturated heterocycles. The smallest absolute Gasteiger partial charge is 0.262 e. The average Bonchev–Trinajstić information content (AvgIpc) is 3.30. The van der Waals surface area contributed by atoms with Crippen LogP contribution in [0.15, 0.2) is 42.5 Å². The topological polar surface area (TPSA) is 98.8 Å². The molecule has 4 heterocycles. The van der Waals surface area contributed by atoms with Crippen LogP contribution in [0.25, 0.3) is 0 Å². The van der Waals surface area contributed by atoms with Gasteiger partial charge in [0.1, 0.15) is 6.04 Å². The number of benzene rings is 2. The van der Waals surface area contributed by atoms with Crippen molar-refractivity contribution in [3.8, 4) is 0 Å². The summed E-state index contributed by atoms with van der Waals surface area (Å²) in [7, 11) is 0. The lowest BCUT2D eigenvalue weighted by Gasteiger charge is -2.40. The highest BCUT2D eigenvalue weighted by Gasteiger charge is 2.45. The monoisotopic (exact) mass is 444 g/mol. The highest BCUT2D eigenvalue weighted by molar-refractivity contribution is 6.23. The van der Waals surface area contributed by atoms with E-state index >= 15 is 0 Å². The van der Waals surface area contributed by atoms with Gasteiger partial charge in [0.15, 0.2) is 0 Å². The number of amides is 4. The van der Waals surface area contributed by atoms with Gasteiger partial charge in [0.2, 0.25) is 11.8 Å². The summed E-state index contributed by atoms with van der Waals surface area (Å²) in [6.07, 6.45) is 2.28. The summed E-state index contributed by atoms with van der Waals surface area (Å²) >= 11 is 0. The van der Waals surface area contributed by atoms with E-state index < -0.39 is 23.8 Å². The maximum atomic E-state index is 13.1. The molecule has 4 amide bonds. The zero-order valence-electron chi connectivity index (χ0n) is 18.1. The van der Waals surface area contributed by atoms with Crippen molar-refractivity contribution < 1.29 is 19.2 Å². The third-order valence-corrected chi connectivity index (χ3v) is 7.62. The molecule has 2 aromatic carbocycles. The number of piperidine rings is 2. The molecular weight excluding hydrogens is 420 g/mol. The van der Waals surface area contributed by atoms with E-state index in [1.165, 1.54) is 11.3 Å². The van der Waals surface area contributed by atoms with Crippen molar-refractivity contribution in [2.75, 3.05) is 29.9 Å². The first kappa shape index (κ1) is 20.0. The predicted octanol–water partition coefficient (Wildman–Crippen LogP) is 2.05. The SMILES string of the molecule is O=C1CCC(N2C(=O)c3ccc(N4CCC5(CC4)CNc4ccccc45)cc3C2=O)C(=O)N1. The second kappa shape index (κ2) is 7.16. The minimum absolute atomic E-state index is 0.114. The van der Waals surface area contributed by atoms with E-state index in [4.69, 9.17) is 0 Å². The average molecular weight is 444 g/mol. The minimum atomic E-state index is -0.941. The number of rotatable bonds is 2. The van der Waals surface area contributed by atoms with Crippen molar-refractivity contribution >= 4 is 35.0 Å². The molecule has 0 bridgehead atoms. The maximum Gasteiger partial charge on any atom is 0.262 e. The number of nitrogens with one attached hydrogen (secondary N) is 2. The molecule has 33 heavy (non-hydrogen) atoms. The molecule has 2 aromatic rings. The molecule has 0 aromatic heterocycles. The van der Waals surface area contributed by atoms with Gasteiger partial charge < -0.3 is 10.2 Å². The van der Waals surface area contributed by atoms with Crippen LogP contribution in [0.3, 0.4) is 0 Å². The predicted molar refractivity (Wildman–Crippen MR) is 121 cm³/mol. The molecule has 1 atom stereocenters. The van der Waals surface area contributed by atoms with E-state index in [0.717, 1.165) is 43.1 Å². The van der Waals surface area contributed by atoms with Crippen LogP contribution >= 0.6 is 0 Å². The highest BCUT2D eigenvalue weighted by Crippen LogP contribution is 2.44. The molecule has 6 rings (SSSR count). The Bertz CT molecular complexity index is 1210. The second-order valence-electron chi connectivity index (χ2n) is 9.34. The normalized spacial score (nSPS) is 23.5. The van der Waals surface area contributed by atoms with Crippen molar-refractivity contribution in [2.45, 2.75) is 37.1 Å². The molecule has 4 aliphatic heterocycles. The number of nitrogens with zero attached hydrogens (tertiary/aromatic N) is 2. The number of fused-ring (bicyclic) bond motifs is 3. The number of carbonyl (C=O) groups is 4. The van der Waals surface area contributed by atoms with Crippen LogP contribution in [0.4, 0.5) is 11.4 Å². The Balaban J connectivity index is 1.22. The van der Waals surface area contributed by atoms with Gasteiger partial charge in [0, 0.05) is 42.8 Å². The Hall–Kier alpha value is -3.68. The summed E-state index contributed by atoms with van der Waals surface area (Å²) in [6, 6.07) is 12.9. The molecule has 2 N–H and O–H groups in total. The van der Waals surface area contributed by atoms with Crippen LogP contribution in [0, 0.1) is 0 Å². The largest absolute Gasteiger partial charge is 0.384 e. The van der Waals surface area contributed by atoms with Gasteiger partial charge in [-0.05, 0) is 49.1 Å². The van der Waals surface area contributed by atoms with E-state index in [0.29, 0.717) is 11.1 Å². The molecule has 1 spiro atoms. The Morgan fingerprint density at radius 1 is 0.909 bits per heavy atom.